The topological polar surface area (TPSA) is 64.9 Å². The molecule has 0 aliphatic carbocycles. The van der Waals surface area contributed by atoms with Gasteiger partial charge in [-0.1, -0.05) is 6.07 Å². The van der Waals surface area contributed by atoms with Gasteiger partial charge in [0.15, 0.2) is 6.23 Å². The maximum Gasteiger partial charge on any atom is 0.274 e. The summed E-state index contributed by atoms with van der Waals surface area (Å²) in [6.45, 7) is 0.388. The van der Waals surface area contributed by atoms with Crippen LogP contribution in [0.15, 0.2) is 24.4 Å². The molecule has 86 valence electrons. The molecule has 4 atom stereocenters. The molecule has 0 spiro atoms. The van der Waals surface area contributed by atoms with Crippen molar-refractivity contribution < 1.29 is 19.6 Å². The molecule has 5 heteroatoms. The number of pyridine rings is 1. The first-order valence-corrected chi connectivity index (χ1v) is 5.51. The number of aromatic amines is 1. The van der Waals surface area contributed by atoms with Crippen molar-refractivity contribution in [1.82, 2.24) is 0 Å². The molecule has 2 fully saturated rings. The number of fused-ring (bicyclic) bond motifs is 1. The largest absolute Gasteiger partial charge is 0.388 e. The fourth-order valence-electron chi connectivity index (χ4n) is 2.25. The highest BCUT2D eigenvalue weighted by molar-refractivity contribution is 5.28. The number of aliphatic hydroxyl groups is 1. The Morgan fingerprint density at radius 3 is 3.12 bits per heavy atom. The highest BCUT2D eigenvalue weighted by Gasteiger charge is 2.46. The quantitative estimate of drug-likeness (QED) is 0.728. The normalized spacial score (nSPS) is 37.3. The predicted octanol–water partition coefficient (Wildman–Crippen LogP) is -0.213. The van der Waals surface area contributed by atoms with Gasteiger partial charge < -0.3 is 14.6 Å². The van der Waals surface area contributed by atoms with E-state index in [0.717, 1.165) is 12.2 Å². The van der Waals surface area contributed by atoms with Crippen molar-refractivity contribution in [2.45, 2.75) is 31.0 Å². The number of ether oxygens (including phenoxy) is 2. The first-order chi connectivity index (χ1) is 7.83. The van der Waals surface area contributed by atoms with Crippen LogP contribution in [0, 0.1) is 0 Å². The molecule has 0 bridgehead atoms. The van der Waals surface area contributed by atoms with E-state index in [1.54, 1.807) is 0 Å². The van der Waals surface area contributed by atoms with E-state index >= 15 is 0 Å². The molecule has 0 radical (unpaired) electrons. The molecule has 3 N–H and O–H groups in total. The van der Waals surface area contributed by atoms with Crippen molar-refractivity contribution in [2.24, 2.45) is 0 Å². The smallest absolute Gasteiger partial charge is 0.274 e. The van der Waals surface area contributed by atoms with Crippen LogP contribution in [0.3, 0.4) is 0 Å². The summed E-state index contributed by atoms with van der Waals surface area (Å²) in [6, 6.07) is 5.80. The zero-order valence-corrected chi connectivity index (χ0v) is 8.80. The monoisotopic (exact) mass is 223 g/mol. The lowest BCUT2D eigenvalue weighted by molar-refractivity contribution is -0.362. The van der Waals surface area contributed by atoms with E-state index in [-0.39, 0.29) is 18.4 Å². The van der Waals surface area contributed by atoms with Crippen LogP contribution in [0.2, 0.25) is 0 Å². The van der Waals surface area contributed by atoms with Crippen LogP contribution in [0.1, 0.15) is 6.42 Å². The third kappa shape index (κ3) is 1.77. The lowest BCUT2D eigenvalue weighted by Gasteiger charge is -2.11. The Balaban J connectivity index is 1.63. The molecule has 2 aliphatic heterocycles. The summed E-state index contributed by atoms with van der Waals surface area (Å²) in [4.78, 5) is 3.08. The molecule has 3 heterocycles. The number of aliphatic hydroxyl groups excluding tert-OH is 1. The van der Waals surface area contributed by atoms with E-state index in [2.05, 4.69) is 10.3 Å². The van der Waals surface area contributed by atoms with Crippen LogP contribution < -0.4 is 10.3 Å². The van der Waals surface area contributed by atoms with Gasteiger partial charge >= 0.3 is 0 Å². The van der Waals surface area contributed by atoms with E-state index in [9.17, 15) is 5.11 Å². The zero-order chi connectivity index (χ0) is 11.0. The fraction of sp³-hybridized carbons (Fsp3) is 0.545. The summed E-state index contributed by atoms with van der Waals surface area (Å²) < 4.78 is 11.1. The Kier molecular flexibility index (Phi) is 2.51. The second kappa shape index (κ2) is 4.01. The minimum Gasteiger partial charge on any atom is -0.388 e. The highest BCUT2D eigenvalue weighted by atomic mass is 16.6. The van der Waals surface area contributed by atoms with Crippen LogP contribution >= 0.6 is 0 Å². The summed E-state index contributed by atoms with van der Waals surface area (Å²) in [5.41, 5.74) is 0. The number of hydrogen-bond donors (Lipinski definition) is 2. The Labute approximate surface area is 93.4 Å². The minimum absolute atomic E-state index is 0.0243. The van der Waals surface area contributed by atoms with Gasteiger partial charge in [0.1, 0.15) is 12.2 Å². The van der Waals surface area contributed by atoms with E-state index in [1.807, 2.05) is 24.4 Å². The summed E-state index contributed by atoms with van der Waals surface area (Å²) >= 11 is 0. The third-order valence-electron chi connectivity index (χ3n) is 3.02. The second-order valence-electron chi connectivity index (χ2n) is 4.18. The lowest BCUT2D eigenvalue weighted by atomic mass is 10.1. The molecule has 0 saturated carbocycles. The van der Waals surface area contributed by atoms with Gasteiger partial charge in [0.2, 0.25) is 0 Å². The van der Waals surface area contributed by atoms with Crippen LogP contribution in [0.5, 0.6) is 0 Å². The molecule has 1 aromatic rings. The van der Waals surface area contributed by atoms with Crippen LogP contribution in [-0.4, -0.2) is 36.3 Å². The van der Waals surface area contributed by atoms with Crippen molar-refractivity contribution in [3.8, 4) is 0 Å². The Bertz CT molecular complexity index is 360. The molecule has 0 aromatic carbocycles. The summed E-state index contributed by atoms with van der Waals surface area (Å²) in [5, 5.41) is 12.8. The third-order valence-corrected chi connectivity index (χ3v) is 3.02. The molecule has 2 aliphatic rings. The van der Waals surface area contributed by atoms with E-state index in [4.69, 9.17) is 9.47 Å². The number of H-pyrrole nitrogens is 1. The molecule has 0 unspecified atom stereocenters. The van der Waals surface area contributed by atoms with Crippen LogP contribution in [0.25, 0.3) is 0 Å². The van der Waals surface area contributed by atoms with Gasteiger partial charge in [-0.2, -0.15) is 0 Å². The summed E-state index contributed by atoms with van der Waals surface area (Å²) in [7, 11) is 0. The first-order valence-electron chi connectivity index (χ1n) is 5.51. The number of hydrogen-bond acceptors (Lipinski definition) is 4. The number of anilines is 1. The SMILES string of the molecule is O[C@H]1CO[C@@H]2C[C@@H](Nc3cccc[nH+]3)O[C@H]12. The zero-order valence-electron chi connectivity index (χ0n) is 8.80. The van der Waals surface area contributed by atoms with Crippen molar-refractivity contribution in [2.75, 3.05) is 11.9 Å². The maximum absolute atomic E-state index is 9.60. The van der Waals surface area contributed by atoms with Crippen molar-refractivity contribution in [3.63, 3.8) is 0 Å². The number of nitrogens with one attached hydrogen (secondary N) is 2. The van der Waals surface area contributed by atoms with Gasteiger partial charge in [0, 0.05) is 12.5 Å². The molecule has 1 aromatic heterocycles. The van der Waals surface area contributed by atoms with E-state index < -0.39 is 6.10 Å². The molecular formula is C11H15N2O3+. The van der Waals surface area contributed by atoms with Gasteiger partial charge in [0.05, 0.1) is 18.9 Å². The molecular weight excluding hydrogens is 208 g/mol. The lowest BCUT2D eigenvalue weighted by Crippen LogP contribution is -2.30. The van der Waals surface area contributed by atoms with Crippen molar-refractivity contribution in [3.05, 3.63) is 24.4 Å². The van der Waals surface area contributed by atoms with Crippen LogP contribution in [0.4, 0.5) is 5.82 Å². The fourth-order valence-corrected chi connectivity index (χ4v) is 2.25. The summed E-state index contributed by atoms with van der Waals surface area (Å²) in [6.07, 6.45) is 1.88. The van der Waals surface area contributed by atoms with E-state index in [0.29, 0.717) is 6.61 Å². The molecule has 0 amide bonds. The average molecular weight is 223 g/mol. The number of aromatic nitrogens is 1. The van der Waals surface area contributed by atoms with Crippen molar-refractivity contribution in [1.29, 1.82) is 0 Å². The molecule has 2 saturated heterocycles. The highest BCUT2D eigenvalue weighted by Crippen LogP contribution is 2.30. The summed E-state index contributed by atoms with van der Waals surface area (Å²) in [5.74, 6) is 0.905. The Morgan fingerprint density at radius 2 is 2.38 bits per heavy atom. The molecule has 3 rings (SSSR count). The Hall–Kier alpha value is -1.17. The van der Waals surface area contributed by atoms with Crippen LogP contribution in [-0.2, 0) is 9.47 Å². The first kappa shape index (κ1) is 10.0. The van der Waals surface area contributed by atoms with Crippen molar-refractivity contribution >= 4 is 5.82 Å². The standard InChI is InChI=1S/C11H14N2O3/c14-7-6-15-8-5-10(16-11(7)8)13-9-3-1-2-4-12-9/h1-4,7-8,10-11,14H,5-6H2,(H,12,13)/p+1/t7-,8+,10-,11+/m0/s1. The molecule has 16 heavy (non-hydrogen) atoms. The van der Waals surface area contributed by atoms with E-state index in [1.165, 1.54) is 0 Å². The van der Waals surface area contributed by atoms with Gasteiger partial charge in [-0.25, -0.2) is 10.3 Å². The van der Waals surface area contributed by atoms with Gasteiger partial charge in [-0.15, -0.1) is 0 Å². The minimum atomic E-state index is -0.489. The number of rotatable bonds is 2. The van der Waals surface area contributed by atoms with Gasteiger partial charge in [-0.05, 0) is 6.07 Å². The predicted molar refractivity (Wildman–Crippen MR) is 55.6 cm³/mol. The van der Waals surface area contributed by atoms with Gasteiger partial charge in [-0.3, -0.25) is 0 Å². The maximum atomic E-state index is 9.60. The molecule has 5 nitrogen and oxygen atoms in total. The van der Waals surface area contributed by atoms with Gasteiger partial charge in [0.25, 0.3) is 5.82 Å². The average Bonchev–Trinajstić information content (AvgIpc) is 2.83. The second-order valence-corrected chi connectivity index (χ2v) is 4.18. The Morgan fingerprint density at radius 1 is 1.44 bits per heavy atom.